The summed E-state index contributed by atoms with van der Waals surface area (Å²) in [5, 5.41) is 13.5. The lowest BCUT2D eigenvalue weighted by molar-refractivity contribution is -0.0166. The number of rotatable bonds is 4. The number of halogens is 2. The Kier molecular flexibility index (Phi) is 6.95. The van der Waals surface area contributed by atoms with Gasteiger partial charge in [-0.1, -0.05) is 65.0 Å². The van der Waals surface area contributed by atoms with Crippen LogP contribution < -0.4 is 5.32 Å². The van der Waals surface area contributed by atoms with Crippen LogP contribution in [0, 0.1) is 5.82 Å². The fourth-order valence-electron chi connectivity index (χ4n) is 4.24. The molecule has 1 heterocycles. The molecule has 1 aliphatic rings. The van der Waals surface area contributed by atoms with Crippen molar-refractivity contribution in [2.45, 2.75) is 18.4 Å². The zero-order chi connectivity index (χ0) is 24.3. The Labute approximate surface area is 206 Å². The molecule has 5 nitrogen and oxygen atoms in total. The highest BCUT2D eigenvalue weighted by molar-refractivity contribution is 9.10. The molecule has 0 aliphatic carbocycles. The molecule has 1 fully saturated rings. The van der Waals surface area contributed by atoms with E-state index in [1.165, 1.54) is 17.0 Å². The molecule has 3 aromatic rings. The van der Waals surface area contributed by atoms with Crippen LogP contribution in [-0.4, -0.2) is 35.0 Å². The molecule has 4 rings (SSSR count). The Morgan fingerprint density at radius 1 is 1.03 bits per heavy atom. The first-order valence-electron chi connectivity index (χ1n) is 10.9. The predicted octanol–water partition coefficient (Wildman–Crippen LogP) is 5.73. The van der Waals surface area contributed by atoms with Crippen LogP contribution in [0.4, 0.5) is 9.18 Å². The van der Waals surface area contributed by atoms with Crippen LogP contribution in [0.15, 0.2) is 77.8 Å². The molecule has 2 N–H and O–H groups in total. The van der Waals surface area contributed by atoms with E-state index in [-0.39, 0.29) is 5.82 Å². The topological polar surface area (TPSA) is 69.6 Å². The van der Waals surface area contributed by atoms with Crippen LogP contribution in [-0.2, 0) is 5.60 Å². The minimum absolute atomic E-state index is 0.292. The van der Waals surface area contributed by atoms with Gasteiger partial charge in [-0.3, -0.25) is 10.1 Å². The van der Waals surface area contributed by atoms with E-state index in [0.717, 1.165) is 10.0 Å². The number of imide groups is 1. The van der Waals surface area contributed by atoms with Gasteiger partial charge in [0.25, 0.3) is 5.91 Å². The summed E-state index contributed by atoms with van der Waals surface area (Å²) >= 11 is 3.39. The Hall–Kier alpha value is -3.29. The summed E-state index contributed by atoms with van der Waals surface area (Å²) in [5.41, 5.74) is 2.00. The third-order valence-electron chi connectivity index (χ3n) is 6.17. The van der Waals surface area contributed by atoms with E-state index in [1.54, 1.807) is 36.4 Å². The number of nitrogens with one attached hydrogen (secondary N) is 1. The Balaban J connectivity index is 1.48. The van der Waals surface area contributed by atoms with Crippen molar-refractivity contribution in [2.24, 2.45) is 0 Å². The van der Waals surface area contributed by atoms with Crippen LogP contribution in [0.5, 0.6) is 0 Å². The highest BCUT2D eigenvalue weighted by Gasteiger charge is 2.36. The van der Waals surface area contributed by atoms with Crippen LogP contribution in [0.25, 0.3) is 17.2 Å². The first-order chi connectivity index (χ1) is 16.3. The van der Waals surface area contributed by atoms with E-state index in [1.807, 2.05) is 24.3 Å². The molecule has 174 valence electrons. The predicted molar refractivity (Wildman–Crippen MR) is 134 cm³/mol. The lowest BCUT2D eigenvalue weighted by Crippen LogP contribution is -2.50. The minimum atomic E-state index is -1.02. The molecule has 1 aliphatic heterocycles. The number of aliphatic hydroxyl groups is 1. The third kappa shape index (κ3) is 4.95. The van der Waals surface area contributed by atoms with Crippen molar-refractivity contribution in [3.63, 3.8) is 0 Å². The second-order valence-corrected chi connectivity index (χ2v) is 9.18. The molecule has 1 saturated heterocycles. The van der Waals surface area contributed by atoms with Crippen molar-refractivity contribution in [1.29, 1.82) is 0 Å². The van der Waals surface area contributed by atoms with Crippen LogP contribution in [0.2, 0.25) is 0 Å². The smallest absolute Gasteiger partial charge is 0.324 e. The van der Waals surface area contributed by atoms with Crippen molar-refractivity contribution in [1.82, 2.24) is 10.2 Å². The Morgan fingerprint density at radius 3 is 2.29 bits per heavy atom. The molecule has 0 bridgehead atoms. The Morgan fingerprint density at radius 2 is 1.68 bits per heavy atom. The summed E-state index contributed by atoms with van der Waals surface area (Å²) in [7, 11) is 0. The molecule has 0 atom stereocenters. The summed E-state index contributed by atoms with van der Waals surface area (Å²) in [4.78, 5) is 27.5. The molecular formula is C27H24BrFN2O3. The largest absolute Gasteiger partial charge is 0.385 e. The lowest BCUT2D eigenvalue weighted by atomic mass is 9.84. The number of hydrogen-bond donors (Lipinski definition) is 2. The maximum absolute atomic E-state index is 13.4. The standard InChI is InChI=1S/C27H24BrFN2O3/c1-2-18-4-3-5-23(24(18)19-6-12-22(29)13-7-19)25(32)30-26(33)31-16-14-27(34,15-17-31)20-8-10-21(28)11-9-20/h2-13,34H,1,14-17H2,(H,30,32,33). The highest BCUT2D eigenvalue weighted by Crippen LogP contribution is 2.34. The van der Waals surface area contributed by atoms with Gasteiger partial charge >= 0.3 is 6.03 Å². The van der Waals surface area contributed by atoms with Gasteiger partial charge in [-0.2, -0.15) is 0 Å². The van der Waals surface area contributed by atoms with Gasteiger partial charge in [0, 0.05) is 28.7 Å². The molecule has 7 heteroatoms. The first kappa shape index (κ1) is 23.9. The van der Waals surface area contributed by atoms with Gasteiger partial charge in [-0.25, -0.2) is 9.18 Å². The van der Waals surface area contributed by atoms with Gasteiger partial charge in [-0.05, 0) is 59.9 Å². The Bertz CT molecular complexity index is 1220. The van der Waals surface area contributed by atoms with E-state index in [2.05, 4.69) is 27.8 Å². The van der Waals surface area contributed by atoms with E-state index in [4.69, 9.17) is 0 Å². The second-order valence-electron chi connectivity index (χ2n) is 8.27. The van der Waals surface area contributed by atoms with Gasteiger partial charge in [0.05, 0.1) is 5.60 Å². The van der Waals surface area contributed by atoms with Crippen molar-refractivity contribution in [2.75, 3.05) is 13.1 Å². The fourth-order valence-corrected chi connectivity index (χ4v) is 4.50. The molecule has 0 unspecified atom stereocenters. The number of nitrogens with zero attached hydrogens (tertiary/aromatic N) is 1. The molecule has 0 aromatic heterocycles. The molecule has 3 aromatic carbocycles. The summed E-state index contributed by atoms with van der Waals surface area (Å²) in [6, 6.07) is 17.9. The van der Waals surface area contributed by atoms with Gasteiger partial charge < -0.3 is 10.0 Å². The van der Waals surface area contributed by atoms with E-state index in [9.17, 15) is 19.1 Å². The number of carbonyl (C=O) groups is 2. The minimum Gasteiger partial charge on any atom is -0.385 e. The number of likely N-dealkylation sites (tertiary alicyclic amines) is 1. The number of carbonyl (C=O) groups excluding carboxylic acids is 2. The summed E-state index contributed by atoms with van der Waals surface area (Å²) < 4.78 is 14.4. The molecule has 3 amide bonds. The lowest BCUT2D eigenvalue weighted by Gasteiger charge is -2.38. The molecular weight excluding hydrogens is 499 g/mol. The maximum Gasteiger partial charge on any atom is 0.324 e. The number of amides is 3. The zero-order valence-electron chi connectivity index (χ0n) is 18.4. The number of benzene rings is 3. The SMILES string of the molecule is C=Cc1cccc(C(=O)NC(=O)N2CCC(O)(c3ccc(Br)cc3)CC2)c1-c1ccc(F)cc1. The highest BCUT2D eigenvalue weighted by atomic mass is 79.9. The first-order valence-corrected chi connectivity index (χ1v) is 11.7. The van der Waals surface area contributed by atoms with E-state index >= 15 is 0 Å². The van der Waals surface area contributed by atoms with Gasteiger partial charge in [0.15, 0.2) is 0 Å². The summed E-state index contributed by atoms with van der Waals surface area (Å²) in [5.74, 6) is -0.934. The van der Waals surface area contributed by atoms with Gasteiger partial charge in [0.2, 0.25) is 0 Å². The fraction of sp³-hybridized carbons (Fsp3) is 0.185. The zero-order valence-corrected chi connectivity index (χ0v) is 20.0. The maximum atomic E-state index is 13.4. The van der Waals surface area contributed by atoms with Crippen molar-refractivity contribution >= 4 is 33.9 Å². The van der Waals surface area contributed by atoms with Crippen molar-refractivity contribution < 1.29 is 19.1 Å². The van der Waals surface area contributed by atoms with Crippen LogP contribution >= 0.6 is 15.9 Å². The number of urea groups is 1. The van der Waals surface area contributed by atoms with E-state index < -0.39 is 17.5 Å². The molecule has 0 spiro atoms. The summed E-state index contributed by atoms with van der Waals surface area (Å²) in [6.45, 7) is 4.42. The third-order valence-corrected chi connectivity index (χ3v) is 6.70. The average molecular weight is 523 g/mol. The van der Waals surface area contributed by atoms with Crippen molar-refractivity contribution in [3.8, 4) is 11.1 Å². The van der Waals surface area contributed by atoms with Crippen molar-refractivity contribution in [3.05, 3.63) is 100 Å². The number of piperidine rings is 1. The van der Waals surface area contributed by atoms with E-state index in [0.29, 0.717) is 48.2 Å². The van der Waals surface area contributed by atoms with Crippen LogP contribution in [0.1, 0.15) is 34.3 Å². The average Bonchev–Trinajstić information content (AvgIpc) is 2.84. The van der Waals surface area contributed by atoms with Crippen LogP contribution in [0.3, 0.4) is 0 Å². The molecule has 0 saturated carbocycles. The second kappa shape index (κ2) is 9.91. The molecule has 34 heavy (non-hydrogen) atoms. The molecule has 0 radical (unpaired) electrons. The number of hydrogen-bond acceptors (Lipinski definition) is 3. The van der Waals surface area contributed by atoms with Gasteiger partial charge in [0.1, 0.15) is 5.82 Å². The normalized spacial score (nSPS) is 15.0. The quantitative estimate of drug-likeness (QED) is 0.459. The monoisotopic (exact) mass is 522 g/mol. The van der Waals surface area contributed by atoms with Gasteiger partial charge in [-0.15, -0.1) is 0 Å². The summed E-state index contributed by atoms with van der Waals surface area (Å²) in [6.07, 6.45) is 2.34.